The second-order valence-corrected chi connectivity index (χ2v) is 4.70. The first kappa shape index (κ1) is 14.3. The second kappa shape index (κ2) is 5.90. The number of nitro groups is 1. The fourth-order valence-electron chi connectivity index (χ4n) is 1.48. The summed E-state index contributed by atoms with van der Waals surface area (Å²) in [4.78, 5) is 14.2. The Kier molecular flexibility index (Phi) is 4.22. The van der Waals surface area contributed by atoms with E-state index in [9.17, 15) is 15.2 Å². The van der Waals surface area contributed by atoms with E-state index in [0.29, 0.717) is 15.7 Å². The van der Waals surface area contributed by atoms with Gasteiger partial charge in [-0.3, -0.25) is 15.1 Å². The summed E-state index contributed by atoms with van der Waals surface area (Å²) in [6.07, 6.45) is 1.29. The van der Waals surface area contributed by atoms with Gasteiger partial charge in [0.05, 0.1) is 15.6 Å². The molecule has 0 bridgehead atoms. The number of hydrogen-bond acceptors (Lipinski definition) is 4. The van der Waals surface area contributed by atoms with E-state index in [-0.39, 0.29) is 17.0 Å². The van der Waals surface area contributed by atoms with E-state index >= 15 is 0 Å². The Labute approximate surface area is 124 Å². The summed E-state index contributed by atoms with van der Waals surface area (Å²) < 4.78 is 0. The van der Waals surface area contributed by atoms with Crippen molar-refractivity contribution in [2.75, 3.05) is 0 Å². The number of nitro benzene ring substituents is 1. The van der Waals surface area contributed by atoms with Crippen LogP contribution < -0.4 is 0 Å². The summed E-state index contributed by atoms with van der Waals surface area (Å²) in [5.41, 5.74) is 0.488. The number of benzene rings is 2. The summed E-state index contributed by atoms with van der Waals surface area (Å²) in [6, 6.07) is 8.42. The summed E-state index contributed by atoms with van der Waals surface area (Å²) in [7, 11) is 0. The SMILES string of the molecule is O=[N+]([O-])c1ccc(O)c(C=Nc2cc(Cl)ccc2Cl)c1. The van der Waals surface area contributed by atoms with E-state index < -0.39 is 4.92 Å². The van der Waals surface area contributed by atoms with Crippen LogP contribution in [-0.4, -0.2) is 16.2 Å². The third kappa shape index (κ3) is 3.26. The molecule has 5 nitrogen and oxygen atoms in total. The zero-order chi connectivity index (χ0) is 14.7. The van der Waals surface area contributed by atoms with Crippen molar-refractivity contribution in [1.29, 1.82) is 0 Å². The maximum absolute atomic E-state index is 10.7. The Balaban J connectivity index is 2.38. The smallest absolute Gasteiger partial charge is 0.270 e. The number of hydrogen-bond donors (Lipinski definition) is 1. The highest BCUT2D eigenvalue weighted by atomic mass is 35.5. The average molecular weight is 311 g/mol. The molecule has 0 radical (unpaired) electrons. The van der Waals surface area contributed by atoms with Crippen molar-refractivity contribution in [3.63, 3.8) is 0 Å². The van der Waals surface area contributed by atoms with Gasteiger partial charge in [-0.1, -0.05) is 23.2 Å². The van der Waals surface area contributed by atoms with Crippen LogP contribution in [0.1, 0.15) is 5.56 Å². The molecular weight excluding hydrogens is 303 g/mol. The molecule has 1 N–H and O–H groups in total. The van der Waals surface area contributed by atoms with Crippen LogP contribution in [0.3, 0.4) is 0 Å². The van der Waals surface area contributed by atoms with Crippen LogP contribution >= 0.6 is 23.2 Å². The summed E-state index contributed by atoms with van der Waals surface area (Å²) in [5.74, 6) is -0.113. The number of phenolic OH excluding ortho intramolecular Hbond substituents is 1. The topological polar surface area (TPSA) is 75.7 Å². The molecule has 0 amide bonds. The molecule has 0 atom stereocenters. The Hall–Kier alpha value is -2.11. The molecule has 0 aliphatic carbocycles. The molecule has 0 aromatic heterocycles. The van der Waals surface area contributed by atoms with Gasteiger partial charge in [-0.2, -0.15) is 0 Å². The average Bonchev–Trinajstić information content (AvgIpc) is 2.41. The summed E-state index contributed by atoms with van der Waals surface area (Å²) in [6.45, 7) is 0. The highest BCUT2D eigenvalue weighted by Gasteiger charge is 2.09. The third-order valence-corrected chi connectivity index (χ3v) is 3.03. The molecule has 2 rings (SSSR count). The van der Waals surface area contributed by atoms with Crippen LogP contribution in [0, 0.1) is 10.1 Å². The lowest BCUT2D eigenvalue weighted by atomic mass is 10.2. The first-order valence-corrected chi connectivity index (χ1v) is 6.19. The molecule has 0 spiro atoms. The van der Waals surface area contributed by atoms with Gasteiger partial charge >= 0.3 is 0 Å². The molecule has 0 heterocycles. The molecule has 0 saturated carbocycles. The molecule has 7 heteroatoms. The van der Waals surface area contributed by atoms with E-state index in [1.165, 1.54) is 24.4 Å². The fraction of sp³-hybridized carbons (Fsp3) is 0. The minimum atomic E-state index is -0.552. The normalized spacial score (nSPS) is 10.9. The molecule has 0 unspecified atom stereocenters. The van der Waals surface area contributed by atoms with Crippen molar-refractivity contribution in [2.24, 2.45) is 4.99 Å². The number of aliphatic imine (C=N–C) groups is 1. The number of aromatic hydroxyl groups is 1. The lowest BCUT2D eigenvalue weighted by molar-refractivity contribution is -0.384. The Morgan fingerprint density at radius 3 is 2.65 bits per heavy atom. The predicted octanol–water partition coefficient (Wildman–Crippen LogP) is 4.36. The first-order chi connectivity index (χ1) is 9.47. The molecule has 2 aromatic rings. The van der Waals surface area contributed by atoms with Gasteiger partial charge in [0.2, 0.25) is 0 Å². The van der Waals surface area contributed by atoms with Crippen LogP contribution in [0.15, 0.2) is 41.4 Å². The van der Waals surface area contributed by atoms with Crippen LogP contribution in [0.2, 0.25) is 10.0 Å². The van der Waals surface area contributed by atoms with Crippen molar-refractivity contribution in [1.82, 2.24) is 0 Å². The Morgan fingerprint density at radius 2 is 1.95 bits per heavy atom. The van der Waals surface area contributed by atoms with E-state index in [0.717, 1.165) is 0 Å². The highest BCUT2D eigenvalue weighted by Crippen LogP contribution is 2.29. The van der Waals surface area contributed by atoms with Crippen LogP contribution in [-0.2, 0) is 0 Å². The standard InChI is InChI=1S/C13H8Cl2N2O3/c14-9-1-3-11(15)12(6-9)16-7-8-5-10(17(19)20)2-4-13(8)18/h1-7,18H. The van der Waals surface area contributed by atoms with E-state index in [2.05, 4.69) is 4.99 Å². The number of nitrogens with zero attached hydrogens (tertiary/aromatic N) is 2. The summed E-state index contributed by atoms with van der Waals surface area (Å²) >= 11 is 11.8. The van der Waals surface area contributed by atoms with Gasteiger partial charge in [-0.15, -0.1) is 0 Å². The maximum atomic E-state index is 10.7. The predicted molar refractivity (Wildman–Crippen MR) is 78.5 cm³/mol. The van der Waals surface area contributed by atoms with Crippen molar-refractivity contribution in [3.8, 4) is 5.75 Å². The molecule has 0 aliphatic heterocycles. The van der Waals surface area contributed by atoms with Gasteiger partial charge < -0.3 is 5.11 Å². The zero-order valence-electron chi connectivity index (χ0n) is 9.96. The fourth-order valence-corrected chi connectivity index (χ4v) is 1.82. The van der Waals surface area contributed by atoms with E-state index in [4.69, 9.17) is 23.2 Å². The Morgan fingerprint density at radius 1 is 1.20 bits per heavy atom. The molecule has 0 saturated heterocycles. The van der Waals surface area contributed by atoms with Crippen molar-refractivity contribution < 1.29 is 10.0 Å². The van der Waals surface area contributed by atoms with Crippen molar-refractivity contribution in [2.45, 2.75) is 0 Å². The molecular formula is C13H8Cl2N2O3. The number of phenols is 1. The van der Waals surface area contributed by atoms with Crippen molar-refractivity contribution >= 4 is 40.8 Å². The van der Waals surface area contributed by atoms with E-state index in [1.54, 1.807) is 18.2 Å². The first-order valence-electron chi connectivity index (χ1n) is 5.44. The van der Waals surface area contributed by atoms with Gasteiger partial charge in [0.15, 0.2) is 0 Å². The van der Waals surface area contributed by atoms with E-state index in [1.807, 2.05) is 0 Å². The number of non-ortho nitro benzene ring substituents is 1. The second-order valence-electron chi connectivity index (χ2n) is 3.85. The van der Waals surface area contributed by atoms with Gasteiger partial charge in [-0.25, -0.2) is 0 Å². The van der Waals surface area contributed by atoms with Gasteiger partial charge in [-0.05, 0) is 24.3 Å². The monoisotopic (exact) mass is 310 g/mol. The molecule has 0 aliphatic rings. The Bertz CT molecular complexity index is 702. The minimum absolute atomic E-state index is 0.113. The lowest BCUT2D eigenvalue weighted by Gasteiger charge is -2.00. The van der Waals surface area contributed by atoms with Gasteiger partial charge in [0.1, 0.15) is 5.75 Å². The largest absolute Gasteiger partial charge is 0.507 e. The van der Waals surface area contributed by atoms with Crippen molar-refractivity contribution in [3.05, 3.63) is 62.1 Å². The van der Waals surface area contributed by atoms with Crippen LogP contribution in [0.25, 0.3) is 0 Å². The number of halogens is 2. The summed E-state index contributed by atoms with van der Waals surface area (Å²) in [5, 5.41) is 21.2. The highest BCUT2D eigenvalue weighted by molar-refractivity contribution is 6.35. The third-order valence-electron chi connectivity index (χ3n) is 2.47. The van der Waals surface area contributed by atoms with Gasteiger partial charge in [0.25, 0.3) is 5.69 Å². The van der Waals surface area contributed by atoms with Crippen LogP contribution in [0.4, 0.5) is 11.4 Å². The molecule has 0 fully saturated rings. The van der Waals surface area contributed by atoms with Crippen LogP contribution in [0.5, 0.6) is 5.75 Å². The zero-order valence-corrected chi connectivity index (χ0v) is 11.5. The minimum Gasteiger partial charge on any atom is -0.507 e. The van der Waals surface area contributed by atoms with Gasteiger partial charge in [0, 0.05) is 28.9 Å². The number of rotatable bonds is 3. The lowest BCUT2D eigenvalue weighted by Crippen LogP contribution is -1.90. The molecule has 102 valence electrons. The quantitative estimate of drug-likeness (QED) is 0.520. The molecule has 2 aromatic carbocycles. The maximum Gasteiger partial charge on any atom is 0.270 e. The molecule has 20 heavy (non-hydrogen) atoms.